The molecule has 10 nitrogen and oxygen atoms in total. The number of aromatic nitrogens is 3. The van der Waals surface area contributed by atoms with E-state index in [-0.39, 0.29) is 12.5 Å². The Balaban J connectivity index is 0.000000350. The fourth-order valence-corrected chi connectivity index (χ4v) is 3.63. The van der Waals surface area contributed by atoms with Gasteiger partial charge in [-0.05, 0) is 31.3 Å². The topological polar surface area (TPSA) is 129 Å². The smallest absolute Gasteiger partial charge is 0.328 e. The predicted molar refractivity (Wildman–Crippen MR) is 129 cm³/mol. The van der Waals surface area contributed by atoms with Crippen molar-refractivity contribution in [1.82, 2.24) is 24.3 Å². The number of piperazine rings is 1. The lowest BCUT2D eigenvalue weighted by Crippen LogP contribution is -2.48. The van der Waals surface area contributed by atoms with E-state index in [1.165, 1.54) is 0 Å². The maximum Gasteiger partial charge on any atom is 0.328 e. The van der Waals surface area contributed by atoms with Crippen LogP contribution < -0.4 is 0 Å². The van der Waals surface area contributed by atoms with Crippen molar-refractivity contribution in [3.8, 4) is 11.4 Å². The van der Waals surface area contributed by atoms with Gasteiger partial charge in [0.2, 0.25) is 5.91 Å². The van der Waals surface area contributed by atoms with Gasteiger partial charge >= 0.3 is 11.9 Å². The van der Waals surface area contributed by atoms with E-state index >= 15 is 0 Å². The molecular weight excluding hydrogens is 506 g/mol. The maximum atomic E-state index is 12.9. The highest BCUT2D eigenvalue weighted by atomic mass is 79.9. The van der Waals surface area contributed by atoms with Crippen molar-refractivity contribution in [2.24, 2.45) is 0 Å². The van der Waals surface area contributed by atoms with Gasteiger partial charge in [-0.2, -0.15) is 0 Å². The molecule has 0 aliphatic carbocycles. The minimum absolute atomic E-state index is 0.112. The number of amides is 1. The van der Waals surface area contributed by atoms with Crippen molar-refractivity contribution in [3.63, 3.8) is 0 Å². The van der Waals surface area contributed by atoms with Gasteiger partial charge in [-0.3, -0.25) is 9.36 Å². The first kappa shape index (κ1) is 25.1. The van der Waals surface area contributed by atoms with Gasteiger partial charge < -0.3 is 20.0 Å². The number of carboxylic acids is 2. The van der Waals surface area contributed by atoms with E-state index in [4.69, 9.17) is 15.2 Å². The number of carboxylic acid groups (broad SMARTS) is 2. The molecule has 0 unspecified atom stereocenters. The molecule has 1 saturated heterocycles. The molecule has 1 fully saturated rings. The van der Waals surface area contributed by atoms with Crippen molar-refractivity contribution >= 4 is 44.9 Å². The lowest BCUT2D eigenvalue weighted by molar-refractivity contribution is -0.134. The van der Waals surface area contributed by atoms with Gasteiger partial charge in [0, 0.05) is 54.6 Å². The van der Waals surface area contributed by atoms with Gasteiger partial charge in [-0.25, -0.2) is 19.6 Å². The van der Waals surface area contributed by atoms with Gasteiger partial charge in [0.1, 0.15) is 17.9 Å². The number of hydrogen-bond acceptors (Lipinski definition) is 6. The maximum absolute atomic E-state index is 12.9. The van der Waals surface area contributed by atoms with Crippen LogP contribution in [0.25, 0.3) is 22.6 Å². The van der Waals surface area contributed by atoms with Crippen molar-refractivity contribution in [3.05, 3.63) is 59.2 Å². The molecule has 0 saturated carbocycles. The van der Waals surface area contributed by atoms with Crippen molar-refractivity contribution in [1.29, 1.82) is 0 Å². The molecule has 0 radical (unpaired) electrons. The van der Waals surface area contributed by atoms with E-state index < -0.39 is 11.9 Å². The fourth-order valence-electron chi connectivity index (χ4n) is 3.36. The molecular formula is C23H24BrN5O5. The zero-order valence-electron chi connectivity index (χ0n) is 18.5. The second kappa shape index (κ2) is 11.5. The number of carbonyl (C=O) groups is 3. The molecule has 4 rings (SSSR count). The van der Waals surface area contributed by atoms with E-state index in [2.05, 4.69) is 32.9 Å². The van der Waals surface area contributed by atoms with E-state index in [0.29, 0.717) is 12.2 Å². The molecule has 11 heteroatoms. The number of nitrogens with zero attached hydrogens (tertiary/aromatic N) is 5. The summed E-state index contributed by atoms with van der Waals surface area (Å²) in [6, 6.07) is 11.8. The van der Waals surface area contributed by atoms with Crippen LogP contribution in [0.1, 0.15) is 0 Å². The van der Waals surface area contributed by atoms with Crippen LogP contribution in [0, 0.1) is 0 Å². The van der Waals surface area contributed by atoms with Crippen molar-refractivity contribution in [2.45, 2.75) is 6.54 Å². The Kier molecular flexibility index (Phi) is 8.50. The molecule has 0 atom stereocenters. The number of fused-ring (bicyclic) bond motifs is 1. The summed E-state index contributed by atoms with van der Waals surface area (Å²) in [7, 11) is 2.08. The number of rotatable bonds is 5. The lowest BCUT2D eigenvalue weighted by atomic mass is 10.2. The number of likely N-dealkylation sites (N-methyl/N-ethyl adjacent to an activating group) is 1. The summed E-state index contributed by atoms with van der Waals surface area (Å²) >= 11 is 3.46. The highest BCUT2D eigenvalue weighted by Crippen LogP contribution is 2.25. The first-order valence-electron chi connectivity index (χ1n) is 10.4. The Hall–Kier alpha value is -3.57. The van der Waals surface area contributed by atoms with Crippen LogP contribution in [0.2, 0.25) is 0 Å². The monoisotopic (exact) mass is 529 g/mol. The van der Waals surface area contributed by atoms with Gasteiger partial charge in [-0.1, -0.05) is 28.1 Å². The normalized spacial score (nSPS) is 14.1. The van der Waals surface area contributed by atoms with Gasteiger partial charge in [0.25, 0.3) is 0 Å². The second-order valence-electron chi connectivity index (χ2n) is 7.57. The van der Waals surface area contributed by atoms with E-state index in [1.807, 2.05) is 45.9 Å². The molecule has 34 heavy (non-hydrogen) atoms. The number of pyridine rings is 1. The minimum atomic E-state index is -1.26. The summed E-state index contributed by atoms with van der Waals surface area (Å²) in [6.07, 6.45) is 2.86. The summed E-state index contributed by atoms with van der Waals surface area (Å²) in [5.41, 5.74) is 2.52. The Labute approximate surface area is 204 Å². The highest BCUT2D eigenvalue weighted by Gasteiger charge is 2.22. The van der Waals surface area contributed by atoms with Crippen LogP contribution in [0.3, 0.4) is 0 Å². The van der Waals surface area contributed by atoms with Gasteiger partial charge in [-0.15, -0.1) is 0 Å². The van der Waals surface area contributed by atoms with Crippen LogP contribution in [0.5, 0.6) is 0 Å². The summed E-state index contributed by atoms with van der Waals surface area (Å²) in [4.78, 5) is 45.4. The number of benzene rings is 1. The van der Waals surface area contributed by atoms with Crippen LogP contribution in [-0.4, -0.2) is 85.6 Å². The molecule has 1 aromatic carbocycles. The molecule has 3 aromatic rings. The summed E-state index contributed by atoms with van der Waals surface area (Å²) < 4.78 is 2.94. The highest BCUT2D eigenvalue weighted by molar-refractivity contribution is 9.10. The number of hydrogen-bond donors (Lipinski definition) is 2. The number of halogens is 1. The average molecular weight is 530 g/mol. The fraction of sp³-hybridized carbons (Fsp3) is 0.261. The summed E-state index contributed by atoms with van der Waals surface area (Å²) in [5, 5.41) is 15.6. The van der Waals surface area contributed by atoms with E-state index in [9.17, 15) is 14.4 Å². The molecule has 2 aromatic heterocycles. The largest absolute Gasteiger partial charge is 0.478 e. The standard InChI is InChI=1S/C19H20BrN5O.C4H4O4/c1-23-9-11-24(12-10-23)17(26)13-25-18(14-4-6-15(20)7-5-14)22-16-3-2-8-21-19(16)25;5-3(6)1-2-4(7)8/h2-8H,9-13H2,1H3;1-2H,(H,5,6)(H,7,8). The molecule has 1 amide bonds. The van der Waals surface area contributed by atoms with E-state index in [0.717, 1.165) is 53.2 Å². The van der Waals surface area contributed by atoms with E-state index in [1.54, 1.807) is 6.20 Å². The SMILES string of the molecule is CN1CCN(C(=O)Cn2c(-c3ccc(Br)cc3)nc3cccnc32)CC1.O=C(O)C=CC(=O)O. The van der Waals surface area contributed by atoms with Gasteiger partial charge in [0.15, 0.2) is 5.65 Å². The zero-order chi connectivity index (χ0) is 24.7. The lowest BCUT2D eigenvalue weighted by Gasteiger charge is -2.32. The summed E-state index contributed by atoms with van der Waals surface area (Å²) in [6.45, 7) is 3.61. The third-order valence-electron chi connectivity index (χ3n) is 5.12. The number of imidazole rings is 1. The third-order valence-corrected chi connectivity index (χ3v) is 5.65. The predicted octanol–water partition coefficient (Wildman–Crippen LogP) is 2.35. The van der Waals surface area contributed by atoms with Gasteiger partial charge in [0.05, 0.1) is 0 Å². The Morgan fingerprint density at radius 2 is 1.62 bits per heavy atom. The van der Waals surface area contributed by atoms with Crippen LogP contribution in [0.4, 0.5) is 0 Å². The van der Waals surface area contributed by atoms with Crippen LogP contribution in [0.15, 0.2) is 59.2 Å². The Morgan fingerprint density at radius 1 is 1.00 bits per heavy atom. The average Bonchev–Trinajstić information content (AvgIpc) is 3.17. The van der Waals surface area contributed by atoms with Crippen LogP contribution >= 0.6 is 15.9 Å². The molecule has 0 spiro atoms. The molecule has 1 aliphatic heterocycles. The van der Waals surface area contributed by atoms with Crippen LogP contribution in [-0.2, 0) is 20.9 Å². The quantitative estimate of drug-likeness (QED) is 0.481. The minimum Gasteiger partial charge on any atom is -0.478 e. The third kappa shape index (κ3) is 6.72. The van der Waals surface area contributed by atoms with Crippen molar-refractivity contribution < 1.29 is 24.6 Å². The molecule has 1 aliphatic rings. The second-order valence-corrected chi connectivity index (χ2v) is 8.48. The zero-order valence-corrected chi connectivity index (χ0v) is 20.1. The Morgan fingerprint density at radius 3 is 2.21 bits per heavy atom. The number of carbonyl (C=O) groups excluding carboxylic acids is 1. The first-order chi connectivity index (χ1) is 16.2. The first-order valence-corrected chi connectivity index (χ1v) is 11.2. The molecule has 178 valence electrons. The Bertz CT molecular complexity index is 1180. The molecule has 0 bridgehead atoms. The molecule has 2 N–H and O–H groups in total. The van der Waals surface area contributed by atoms with Crippen molar-refractivity contribution in [2.75, 3.05) is 33.2 Å². The summed E-state index contributed by atoms with van der Waals surface area (Å²) in [5.74, 6) is -1.63. The molecule has 3 heterocycles. The number of aliphatic carboxylic acids is 2.